The summed E-state index contributed by atoms with van der Waals surface area (Å²) in [7, 11) is 0. The van der Waals surface area contributed by atoms with Gasteiger partial charge < -0.3 is 11.1 Å². The summed E-state index contributed by atoms with van der Waals surface area (Å²) in [5.74, 6) is -0.0704. The van der Waals surface area contributed by atoms with E-state index in [4.69, 9.17) is 28.9 Å². The molecular weight excluding hydrogens is 341 g/mol. The summed E-state index contributed by atoms with van der Waals surface area (Å²) in [5.41, 5.74) is 6.57. The molecule has 0 saturated carbocycles. The van der Waals surface area contributed by atoms with E-state index in [9.17, 15) is 4.79 Å². The maximum absolute atomic E-state index is 11.7. The number of anilines is 1. The minimum absolute atomic E-state index is 0.0163. The monoisotopic (exact) mass is 357 g/mol. The summed E-state index contributed by atoms with van der Waals surface area (Å²) >= 11 is 13.6. The smallest absolute Gasteiger partial charge is 0.226 e. The number of benzene rings is 1. The molecule has 22 heavy (non-hydrogen) atoms. The van der Waals surface area contributed by atoms with Crippen molar-refractivity contribution in [2.24, 2.45) is 5.73 Å². The van der Waals surface area contributed by atoms with E-state index in [0.29, 0.717) is 34.4 Å². The zero-order valence-electron chi connectivity index (χ0n) is 12.1. The highest BCUT2D eigenvalue weighted by molar-refractivity contribution is 7.15. The molecule has 1 heterocycles. The fourth-order valence-electron chi connectivity index (χ4n) is 1.85. The number of nitrogens with zero attached hydrogens (tertiary/aromatic N) is 1. The molecule has 0 fully saturated rings. The van der Waals surface area contributed by atoms with Crippen molar-refractivity contribution in [3.63, 3.8) is 0 Å². The van der Waals surface area contributed by atoms with Crippen LogP contribution in [0.5, 0.6) is 0 Å². The molecule has 2 aromatic rings. The van der Waals surface area contributed by atoms with Gasteiger partial charge in [-0.1, -0.05) is 23.2 Å². The lowest BCUT2D eigenvalue weighted by Crippen LogP contribution is -2.19. The molecule has 0 spiro atoms. The third-order valence-electron chi connectivity index (χ3n) is 3.00. The highest BCUT2D eigenvalue weighted by atomic mass is 35.5. The maximum Gasteiger partial charge on any atom is 0.226 e. The quantitative estimate of drug-likeness (QED) is 0.817. The Balaban J connectivity index is 1.96. The zero-order chi connectivity index (χ0) is 16.1. The van der Waals surface area contributed by atoms with Gasteiger partial charge in [0, 0.05) is 40.0 Å². The molecule has 1 aromatic heterocycles. The Morgan fingerprint density at radius 2 is 2.23 bits per heavy atom. The lowest BCUT2D eigenvalue weighted by molar-refractivity contribution is -0.116. The molecule has 0 bridgehead atoms. The summed E-state index contributed by atoms with van der Waals surface area (Å²) in [4.78, 5) is 17.0. The van der Waals surface area contributed by atoms with Crippen molar-refractivity contribution in [1.82, 2.24) is 4.98 Å². The first kappa shape index (κ1) is 17.2. The molecule has 0 saturated heterocycles. The van der Waals surface area contributed by atoms with Gasteiger partial charge in [-0.25, -0.2) is 4.98 Å². The standard InChI is InChI=1S/C15H17Cl2N3OS/c1-9(18)2-5-14(21)20-15-19-8-12(22-15)7-10-6-11(16)3-4-13(10)17/h3-4,6,8-9H,2,5,7,18H2,1H3,(H,19,20,21). The van der Waals surface area contributed by atoms with Crippen molar-refractivity contribution in [1.29, 1.82) is 0 Å². The number of halogens is 2. The molecule has 7 heteroatoms. The Kier molecular flexibility index (Phi) is 6.20. The first-order valence-electron chi connectivity index (χ1n) is 6.88. The predicted molar refractivity (Wildman–Crippen MR) is 92.9 cm³/mol. The first-order valence-corrected chi connectivity index (χ1v) is 8.45. The van der Waals surface area contributed by atoms with Gasteiger partial charge in [0.25, 0.3) is 0 Å². The number of nitrogens with one attached hydrogen (secondary N) is 1. The number of hydrogen-bond acceptors (Lipinski definition) is 4. The fourth-order valence-corrected chi connectivity index (χ4v) is 3.08. The molecule has 3 N–H and O–H groups in total. The van der Waals surface area contributed by atoms with E-state index < -0.39 is 0 Å². The SMILES string of the molecule is CC(N)CCC(=O)Nc1ncc(Cc2cc(Cl)ccc2Cl)s1. The van der Waals surface area contributed by atoms with Crippen LogP contribution in [0.15, 0.2) is 24.4 Å². The average molecular weight is 358 g/mol. The van der Waals surface area contributed by atoms with Crippen LogP contribution < -0.4 is 11.1 Å². The van der Waals surface area contributed by atoms with E-state index in [1.807, 2.05) is 13.0 Å². The third-order valence-corrected chi connectivity index (χ3v) is 4.52. The number of carbonyl (C=O) groups is 1. The number of rotatable bonds is 6. The van der Waals surface area contributed by atoms with E-state index in [1.165, 1.54) is 11.3 Å². The van der Waals surface area contributed by atoms with Crippen molar-refractivity contribution in [2.75, 3.05) is 5.32 Å². The van der Waals surface area contributed by atoms with Gasteiger partial charge in [0.15, 0.2) is 5.13 Å². The Morgan fingerprint density at radius 3 is 2.95 bits per heavy atom. The van der Waals surface area contributed by atoms with Crippen LogP contribution >= 0.6 is 34.5 Å². The average Bonchev–Trinajstić information content (AvgIpc) is 2.88. The van der Waals surface area contributed by atoms with E-state index in [0.717, 1.165) is 10.4 Å². The van der Waals surface area contributed by atoms with Gasteiger partial charge in [0.1, 0.15) is 0 Å². The number of thiazole rings is 1. The normalized spacial score (nSPS) is 12.2. The van der Waals surface area contributed by atoms with Crippen LogP contribution in [0.25, 0.3) is 0 Å². The van der Waals surface area contributed by atoms with Crippen LogP contribution in [-0.2, 0) is 11.2 Å². The lowest BCUT2D eigenvalue weighted by atomic mass is 10.1. The Hall–Kier alpha value is -1.14. The van der Waals surface area contributed by atoms with Gasteiger partial charge in [-0.2, -0.15) is 0 Å². The van der Waals surface area contributed by atoms with Crippen molar-refractivity contribution in [3.8, 4) is 0 Å². The Morgan fingerprint density at radius 1 is 1.45 bits per heavy atom. The van der Waals surface area contributed by atoms with Crippen LogP contribution in [0.1, 0.15) is 30.2 Å². The Labute approximate surface area is 143 Å². The third kappa shape index (κ3) is 5.25. The molecule has 4 nitrogen and oxygen atoms in total. The minimum atomic E-state index is -0.0704. The van der Waals surface area contributed by atoms with Gasteiger partial charge in [0.2, 0.25) is 5.91 Å². The van der Waals surface area contributed by atoms with Crippen LogP contribution in [0.3, 0.4) is 0 Å². The number of nitrogens with two attached hydrogens (primary N) is 1. The van der Waals surface area contributed by atoms with Gasteiger partial charge >= 0.3 is 0 Å². The van der Waals surface area contributed by atoms with E-state index in [-0.39, 0.29) is 11.9 Å². The summed E-state index contributed by atoms with van der Waals surface area (Å²) in [6, 6.07) is 5.38. The molecule has 0 radical (unpaired) electrons. The molecule has 118 valence electrons. The highest BCUT2D eigenvalue weighted by Gasteiger charge is 2.09. The first-order chi connectivity index (χ1) is 10.4. The fraction of sp³-hybridized carbons (Fsp3) is 0.333. The lowest BCUT2D eigenvalue weighted by Gasteiger charge is -2.04. The van der Waals surface area contributed by atoms with E-state index >= 15 is 0 Å². The second-order valence-electron chi connectivity index (χ2n) is 5.11. The van der Waals surface area contributed by atoms with Crippen molar-refractivity contribution < 1.29 is 4.79 Å². The summed E-state index contributed by atoms with van der Waals surface area (Å²) in [6.07, 6.45) is 3.42. The molecule has 0 aliphatic carbocycles. The number of amides is 1. The van der Waals surface area contributed by atoms with Crippen LogP contribution in [0, 0.1) is 0 Å². The van der Waals surface area contributed by atoms with Crippen LogP contribution in [-0.4, -0.2) is 16.9 Å². The van der Waals surface area contributed by atoms with Gasteiger partial charge in [-0.3, -0.25) is 4.79 Å². The molecule has 1 aromatic carbocycles. The maximum atomic E-state index is 11.7. The van der Waals surface area contributed by atoms with Gasteiger partial charge in [-0.15, -0.1) is 11.3 Å². The Bertz CT molecular complexity index is 658. The van der Waals surface area contributed by atoms with E-state index in [1.54, 1.807) is 18.3 Å². The predicted octanol–water partition coefficient (Wildman–Crippen LogP) is 4.11. The topological polar surface area (TPSA) is 68.0 Å². The second kappa shape index (κ2) is 7.92. The van der Waals surface area contributed by atoms with Crippen molar-refractivity contribution >= 4 is 45.6 Å². The molecule has 0 aliphatic rings. The number of carbonyl (C=O) groups excluding carboxylic acids is 1. The largest absolute Gasteiger partial charge is 0.328 e. The number of aromatic nitrogens is 1. The van der Waals surface area contributed by atoms with E-state index in [2.05, 4.69) is 10.3 Å². The van der Waals surface area contributed by atoms with Crippen LogP contribution in [0.2, 0.25) is 10.0 Å². The summed E-state index contributed by atoms with van der Waals surface area (Å²) in [6.45, 7) is 1.88. The molecule has 2 rings (SSSR count). The molecule has 0 aliphatic heterocycles. The second-order valence-corrected chi connectivity index (χ2v) is 7.07. The molecule has 1 unspecified atom stereocenters. The van der Waals surface area contributed by atoms with Crippen molar-refractivity contribution in [3.05, 3.63) is 44.9 Å². The molecular formula is C15H17Cl2N3OS. The summed E-state index contributed by atoms with van der Waals surface area (Å²) < 4.78 is 0. The van der Waals surface area contributed by atoms with Crippen LogP contribution in [0.4, 0.5) is 5.13 Å². The van der Waals surface area contributed by atoms with Crippen molar-refractivity contribution in [2.45, 2.75) is 32.2 Å². The highest BCUT2D eigenvalue weighted by Crippen LogP contribution is 2.27. The number of hydrogen-bond donors (Lipinski definition) is 2. The summed E-state index contributed by atoms with van der Waals surface area (Å²) in [5, 5.41) is 4.68. The van der Waals surface area contributed by atoms with Gasteiger partial charge in [0.05, 0.1) is 0 Å². The zero-order valence-corrected chi connectivity index (χ0v) is 14.4. The molecule has 1 amide bonds. The van der Waals surface area contributed by atoms with Gasteiger partial charge in [-0.05, 0) is 37.1 Å². The molecule has 1 atom stereocenters. The minimum Gasteiger partial charge on any atom is -0.328 e.